The fourth-order valence-corrected chi connectivity index (χ4v) is 4.68. The molecule has 1 aromatic carbocycles. The maximum absolute atomic E-state index is 9.91. The van der Waals surface area contributed by atoms with Crippen LogP contribution in [0.5, 0.6) is 5.75 Å². The lowest BCUT2D eigenvalue weighted by Gasteiger charge is -2.33. The summed E-state index contributed by atoms with van der Waals surface area (Å²) in [5.41, 5.74) is 2.67. The first-order valence-electron chi connectivity index (χ1n) is 8.37. The lowest BCUT2D eigenvalue weighted by Crippen LogP contribution is -2.26. The van der Waals surface area contributed by atoms with Crippen molar-refractivity contribution in [3.63, 3.8) is 0 Å². The SMILES string of the molecule is CC(C)(C)[C@@H]1CCc2c(sc(N=Cc3cc(Cl)ccc3O)c2C#N)C1. The van der Waals surface area contributed by atoms with Gasteiger partial charge in [0.25, 0.3) is 0 Å². The number of phenolic OH excluding ortho intramolecular Hbond substituents is 1. The number of phenols is 1. The van der Waals surface area contributed by atoms with Gasteiger partial charge in [-0.1, -0.05) is 32.4 Å². The molecule has 2 aromatic rings. The van der Waals surface area contributed by atoms with E-state index in [1.807, 2.05) is 0 Å². The Morgan fingerprint density at radius 1 is 1.40 bits per heavy atom. The number of aromatic hydroxyl groups is 1. The van der Waals surface area contributed by atoms with Crippen molar-refractivity contribution in [2.24, 2.45) is 16.3 Å². The third-order valence-corrected chi connectivity index (χ3v) is 6.29. The lowest BCUT2D eigenvalue weighted by atomic mass is 9.72. The second kappa shape index (κ2) is 6.82. The molecule has 0 spiro atoms. The van der Waals surface area contributed by atoms with E-state index in [1.54, 1.807) is 35.8 Å². The van der Waals surface area contributed by atoms with Crippen molar-refractivity contribution in [3.8, 4) is 11.8 Å². The third-order valence-electron chi connectivity index (χ3n) is 4.89. The molecule has 130 valence electrons. The van der Waals surface area contributed by atoms with Crippen molar-refractivity contribution in [3.05, 3.63) is 44.8 Å². The smallest absolute Gasteiger partial charge is 0.134 e. The lowest BCUT2D eigenvalue weighted by molar-refractivity contribution is 0.218. The zero-order valence-electron chi connectivity index (χ0n) is 14.6. The van der Waals surface area contributed by atoms with E-state index in [9.17, 15) is 10.4 Å². The molecule has 0 saturated carbocycles. The number of benzene rings is 1. The summed E-state index contributed by atoms with van der Waals surface area (Å²) in [4.78, 5) is 5.78. The summed E-state index contributed by atoms with van der Waals surface area (Å²) < 4.78 is 0. The molecule has 1 atom stereocenters. The predicted molar refractivity (Wildman–Crippen MR) is 104 cm³/mol. The van der Waals surface area contributed by atoms with E-state index < -0.39 is 0 Å². The first-order valence-corrected chi connectivity index (χ1v) is 9.56. The molecule has 1 aliphatic carbocycles. The molecule has 1 heterocycles. The molecule has 1 N–H and O–H groups in total. The molecule has 1 aliphatic rings. The predicted octanol–water partition coefficient (Wildman–Crippen LogP) is 5.88. The van der Waals surface area contributed by atoms with Crippen LogP contribution in [0.4, 0.5) is 5.00 Å². The molecule has 0 unspecified atom stereocenters. The highest BCUT2D eigenvalue weighted by Crippen LogP contribution is 2.44. The van der Waals surface area contributed by atoms with Gasteiger partial charge in [0.1, 0.15) is 16.8 Å². The minimum atomic E-state index is 0.126. The number of fused-ring (bicyclic) bond motifs is 1. The van der Waals surface area contributed by atoms with E-state index >= 15 is 0 Å². The van der Waals surface area contributed by atoms with Gasteiger partial charge in [0.05, 0.1) is 5.56 Å². The molecular formula is C20H21ClN2OS. The molecule has 0 radical (unpaired) electrons. The van der Waals surface area contributed by atoms with Gasteiger partial charge in [-0.25, -0.2) is 4.99 Å². The van der Waals surface area contributed by atoms with Crippen LogP contribution < -0.4 is 0 Å². The molecular weight excluding hydrogens is 352 g/mol. The van der Waals surface area contributed by atoms with Crippen LogP contribution in [-0.2, 0) is 12.8 Å². The number of hydrogen-bond donors (Lipinski definition) is 1. The maximum Gasteiger partial charge on any atom is 0.134 e. The van der Waals surface area contributed by atoms with Crippen LogP contribution in [0.2, 0.25) is 5.02 Å². The van der Waals surface area contributed by atoms with Crippen LogP contribution in [0.15, 0.2) is 23.2 Å². The molecule has 0 bridgehead atoms. The zero-order chi connectivity index (χ0) is 18.2. The summed E-state index contributed by atoms with van der Waals surface area (Å²) in [5.74, 6) is 0.750. The minimum absolute atomic E-state index is 0.126. The molecule has 25 heavy (non-hydrogen) atoms. The number of rotatable bonds is 2. The van der Waals surface area contributed by atoms with Gasteiger partial charge in [-0.3, -0.25) is 0 Å². The van der Waals surface area contributed by atoms with E-state index in [4.69, 9.17) is 11.6 Å². The summed E-state index contributed by atoms with van der Waals surface area (Å²) in [7, 11) is 0. The van der Waals surface area contributed by atoms with Crippen molar-refractivity contribution in [2.45, 2.75) is 40.0 Å². The second-order valence-electron chi connectivity index (χ2n) is 7.56. The average Bonchev–Trinajstić information content (AvgIpc) is 2.91. The van der Waals surface area contributed by atoms with E-state index in [1.165, 1.54) is 4.88 Å². The van der Waals surface area contributed by atoms with Crippen LogP contribution >= 0.6 is 22.9 Å². The first kappa shape index (κ1) is 18.0. The molecule has 0 aliphatic heterocycles. The Morgan fingerprint density at radius 3 is 2.84 bits per heavy atom. The number of aliphatic imine (C=N–C) groups is 1. The Hall–Kier alpha value is -1.83. The summed E-state index contributed by atoms with van der Waals surface area (Å²) in [6, 6.07) is 7.16. The Balaban J connectivity index is 1.94. The summed E-state index contributed by atoms with van der Waals surface area (Å²) >= 11 is 7.58. The number of nitrogens with zero attached hydrogens (tertiary/aromatic N) is 2. The minimum Gasteiger partial charge on any atom is -0.507 e. The van der Waals surface area contributed by atoms with Gasteiger partial charge < -0.3 is 5.11 Å². The Kier molecular flexibility index (Phi) is 4.90. The topological polar surface area (TPSA) is 56.4 Å². The zero-order valence-corrected chi connectivity index (χ0v) is 16.2. The molecule has 5 heteroatoms. The molecule has 1 aromatic heterocycles. The monoisotopic (exact) mass is 372 g/mol. The van der Waals surface area contributed by atoms with Gasteiger partial charge in [0, 0.05) is 21.7 Å². The average molecular weight is 373 g/mol. The molecule has 0 saturated heterocycles. The van der Waals surface area contributed by atoms with Crippen LogP contribution in [-0.4, -0.2) is 11.3 Å². The standard InChI is InChI=1S/C20H21ClN2OS/c1-20(2,3)13-4-6-15-16(10-22)19(25-18(15)9-13)23-11-12-8-14(21)5-7-17(12)24/h5,7-8,11,13,24H,4,6,9H2,1-3H3/t13-/m1/s1. The normalized spacial score (nSPS) is 17.5. The van der Waals surface area contributed by atoms with Crippen molar-refractivity contribution in [1.29, 1.82) is 5.26 Å². The van der Waals surface area contributed by atoms with Crippen molar-refractivity contribution in [1.82, 2.24) is 0 Å². The molecule has 3 nitrogen and oxygen atoms in total. The van der Waals surface area contributed by atoms with Gasteiger partial charge in [-0.2, -0.15) is 5.26 Å². The van der Waals surface area contributed by atoms with Crippen LogP contribution in [0.25, 0.3) is 0 Å². The first-order chi connectivity index (χ1) is 11.8. The Bertz CT molecular complexity index is 871. The molecule has 0 amide bonds. The summed E-state index contributed by atoms with van der Waals surface area (Å²) in [6.07, 6.45) is 4.64. The number of halogens is 1. The highest BCUT2D eigenvalue weighted by atomic mass is 35.5. The van der Waals surface area contributed by atoms with Gasteiger partial charge in [-0.05, 0) is 54.4 Å². The van der Waals surface area contributed by atoms with Crippen molar-refractivity contribution >= 4 is 34.2 Å². The molecule has 0 fully saturated rings. The van der Waals surface area contributed by atoms with Crippen LogP contribution in [0.1, 0.15) is 48.8 Å². The second-order valence-corrected chi connectivity index (χ2v) is 9.08. The summed E-state index contributed by atoms with van der Waals surface area (Å²) in [5, 5.41) is 20.8. The highest BCUT2D eigenvalue weighted by molar-refractivity contribution is 7.16. The van der Waals surface area contributed by atoms with E-state index in [2.05, 4.69) is 31.8 Å². The van der Waals surface area contributed by atoms with Crippen molar-refractivity contribution < 1.29 is 5.11 Å². The highest BCUT2D eigenvalue weighted by Gasteiger charge is 2.32. The van der Waals surface area contributed by atoms with Crippen molar-refractivity contribution in [2.75, 3.05) is 0 Å². The fraction of sp³-hybridized carbons (Fsp3) is 0.400. The largest absolute Gasteiger partial charge is 0.507 e. The third kappa shape index (κ3) is 3.73. The van der Waals surface area contributed by atoms with Crippen LogP contribution in [0, 0.1) is 22.7 Å². The van der Waals surface area contributed by atoms with Crippen LogP contribution in [0.3, 0.4) is 0 Å². The van der Waals surface area contributed by atoms with E-state index in [0.717, 1.165) is 29.8 Å². The fourth-order valence-electron chi connectivity index (χ4n) is 3.27. The van der Waals surface area contributed by atoms with Gasteiger partial charge in [0.15, 0.2) is 0 Å². The van der Waals surface area contributed by atoms with Gasteiger partial charge in [0.2, 0.25) is 0 Å². The molecule has 3 rings (SSSR count). The Labute approximate surface area is 157 Å². The van der Waals surface area contributed by atoms with Gasteiger partial charge >= 0.3 is 0 Å². The van der Waals surface area contributed by atoms with E-state index in [0.29, 0.717) is 22.1 Å². The van der Waals surface area contributed by atoms with E-state index in [-0.39, 0.29) is 11.2 Å². The summed E-state index contributed by atoms with van der Waals surface area (Å²) in [6.45, 7) is 6.84. The number of nitriles is 1. The number of thiophene rings is 1. The maximum atomic E-state index is 9.91. The van der Waals surface area contributed by atoms with Gasteiger partial charge in [-0.15, -0.1) is 11.3 Å². The Morgan fingerprint density at radius 2 is 2.16 bits per heavy atom. The number of hydrogen-bond acceptors (Lipinski definition) is 4. The quantitative estimate of drug-likeness (QED) is 0.669.